The van der Waals surface area contributed by atoms with Crippen LogP contribution in [0.5, 0.6) is 0 Å². The number of carbonyl (C=O) groups excluding carboxylic acids is 1. The Balaban J connectivity index is 1.18. The van der Waals surface area contributed by atoms with Gasteiger partial charge in [-0.3, -0.25) is 14.4 Å². The van der Waals surface area contributed by atoms with Crippen LogP contribution in [0.3, 0.4) is 0 Å². The number of amides is 1. The number of ether oxygens (including phenoxy) is 1. The Morgan fingerprint density at radius 1 is 1.19 bits per heavy atom. The molecule has 4 saturated heterocycles. The molecular formula is C30H38F2N8O2. The zero-order valence-electron chi connectivity index (χ0n) is 24.3. The van der Waals surface area contributed by atoms with E-state index in [0.717, 1.165) is 25.9 Å². The summed E-state index contributed by atoms with van der Waals surface area (Å²) in [5.74, 6) is 0.774. The molecule has 2 aromatic heterocycles. The van der Waals surface area contributed by atoms with E-state index in [0.29, 0.717) is 63.4 Å². The van der Waals surface area contributed by atoms with Crippen LogP contribution in [0, 0.1) is 18.3 Å². The molecule has 0 N–H and O–H groups in total. The Labute approximate surface area is 245 Å². The lowest BCUT2D eigenvalue weighted by atomic mass is 9.90. The number of hydrogen-bond acceptors (Lipinski definition) is 8. The van der Waals surface area contributed by atoms with Crippen LogP contribution < -0.4 is 9.80 Å². The molecule has 4 fully saturated rings. The average Bonchev–Trinajstić information content (AvgIpc) is 3.35. The highest BCUT2D eigenvalue weighted by Gasteiger charge is 2.42. The molecule has 0 radical (unpaired) electrons. The smallest absolute Gasteiger partial charge is 0.281 e. The third kappa shape index (κ3) is 5.02. The van der Waals surface area contributed by atoms with Gasteiger partial charge in [-0.2, -0.15) is 10.4 Å². The minimum absolute atomic E-state index is 0.0315. The number of alkyl halides is 2. The van der Waals surface area contributed by atoms with Gasteiger partial charge in [0.15, 0.2) is 0 Å². The molecule has 6 heterocycles. The van der Waals surface area contributed by atoms with Crippen LogP contribution in [0.4, 0.5) is 20.3 Å². The maximum absolute atomic E-state index is 14.3. The van der Waals surface area contributed by atoms with Gasteiger partial charge in [-0.25, -0.2) is 13.8 Å². The lowest BCUT2D eigenvalue weighted by Crippen LogP contribution is -2.68. The van der Waals surface area contributed by atoms with Crippen molar-refractivity contribution in [1.29, 1.82) is 5.26 Å². The number of hydrogen-bond donors (Lipinski definition) is 0. The van der Waals surface area contributed by atoms with E-state index in [1.54, 1.807) is 4.90 Å². The number of nitriles is 1. The molecule has 4 aliphatic heterocycles. The predicted octanol–water partition coefficient (Wildman–Crippen LogP) is 3.26. The number of halogens is 2. The van der Waals surface area contributed by atoms with Gasteiger partial charge in [0.25, 0.3) is 6.43 Å². The Hall–Kier alpha value is -3.56. The summed E-state index contributed by atoms with van der Waals surface area (Å²) in [5.41, 5.74) is 2.47. The fraction of sp³-hybridized carbons (Fsp3) is 0.600. The minimum Gasteiger partial charge on any atom is -0.377 e. The van der Waals surface area contributed by atoms with Crippen molar-refractivity contribution in [3.63, 3.8) is 0 Å². The van der Waals surface area contributed by atoms with E-state index in [2.05, 4.69) is 49.9 Å². The van der Waals surface area contributed by atoms with E-state index in [9.17, 15) is 18.8 Å². The van der Waals surface area contributed by atoms with Crippen LogP contribution >= 0.6 is 0 Å². The van der Waals surface area contributed by atoms with E-state index in [-0.39, 0.29) is 29.6 Å². The molecule has 0 aliphatic carbocycles. The fourth-order valence-electron chi connectivity index (χ4n) is 6.93. The summed E-state index contributed by atoms with van der Waals surface area (Å²) in [7, 11) is 0. The quantitative estimate of drug-likeness (QED) is 0.461. The number of pyridine rings is 1. The number of piperazine rings is 1. The highest BCUT2D eigenvalue weighted by atomic mass is 19.3. The molecule has 0 aromatic carbocycles. The van der Waals surface area contributed by atoms with Gasteiger partial charge < -0.3 is 19.4 Å². The van der Waals surface area contributed by atoms with Gasteiger partial charge in [0.2, 0.25) is 5.91 Å². The summed E-state index contributed by atoms with van der Waals surface area (Å²) in [5, 5.41) is 14.6. The molecule has 2 aromatic rings. The molecular weight excluding hydrogens is 542 g/mol. The Kier molecular flexibility index (Phi) is 7.89. The number of rotatable bonds is 7. The normalized spacial score (nSPS) is 24.0. The molecule has 1 amide bonds. The second kappa shape index (κ2) is 11.6. The SMILES string of the molecule is C=CC(=O)N1CCN([C@@H]2CN(c3cc(N4CCC(c5c(C)cnn5C5COC5)CC4)nc(C(F)F)c3C#N)[C@@H]2C)CC1. The summed E-state index contributed by atoms with van der Waals surface area (Å²) >= 11 is 0. The maximum atomic E-state index is 14.3. The van der Waals surface area contributed by atoms with E-state index in [1.807, 2.05) is 18.3 Å². The fourth-order valence-corrected chi connectivity index (χ4v) is 6.93. The first kappa shape index (κ1) is 28.6. The van der Waals surface area contributed by atoms with Crippen LogP contribution in [0.25, 0.3) is 0 Å². The van der Waals surface area contributed by atoms with Gasteiger partial charge in [-0.1, -0.05) is 6.58 Å². The number of piperidine rings is 1. The molecule has 12 heteroatoms. The van der Waals surface area contributed by atoms with E-state index >= 15 is 0 Å². The van der Waals surface area contributed by atoms with Crippen molar-refractivity contribution in [2.24, 2.45) is 0 Å². The summed E-state index contributed by atoms with van der Waals surface area (Å²) in [6.07, 6.45) is 2.15. The van der Waals surface area contributed by atoms with Crippen molar-refractivity contribution in [1.82, 2.24) is 24.6 Å². The molecule has 2 atom stereocenters. The van der Waals surface area contributed by atoms with Crippen LogP contribution in [0.2, 0.25) is 0 Å². The van der Waals surface area contributed by atoms with Crippen molar-refractivity contribution in [2.45, 2.75) is 57.2 Å². The molecule has 6 rings (SSSR count). The highest BCUT2D eigenvalue weighted by Crippen LogP contribution is 2.40. The third-order valence-electron chi connectivity index (χ3n) is 9.54. The maximum Gasteiger partial charge on any atom is 0.281 e. The Morgan fingerprint density at radius 3 is 2.48 bits per heavy atom. The minimum atomic E-state index is -2.85. The second-order valence-electron chi connectivity index (χ2n) is 11.8. The molecule has 10 nitrogen and oxygen atoms in total. The first-order valence-electron chi connectivity index (χ1n) is 14.8. The van der Waals surface area contributed by atoms with Crippen LogP contribution in [-0.4, -0.2) is 102 Å². The van der Waals surface area contributed by atoms with Gasteiger partial charge in [-0.05, 0) is 38.3 Å². The van der Waals surface area contributed by atoms with Crippen LogP contribution in [-0.2, 0) is 9.53 Å². The first-order valence-corrected chi connectivity index (χ1v) is 14.8. The van der Waals surface area contributed by atoms with E-state index in [4.69, 9.17) is 4.74 Å². The lowest BCUT2D eigenvalue weighted by Gasteiger charge is -2.54. The second-order valence-corrected chi connectivity index (χ2v) is 11.8. The average molecular weight is 581 g/mol. The number of nitrogens with zero attached hydrogens (tertiary/aromatic N) is 8. The first-order chi connectivity index (χ1) is 20.3. The zero-order chi connectivity index (χ0) is 29.5. The summed E-state index contributed by atoms with van der Waals surface area (Å²) in [6.45, 7) is 13.9. The van der Waals surface area contributed by atoms with Crippen LogP contribution in [0.1, 0.15) is 60.7 Å². The summed E-state index contributed by atoms with van der Waals surface area (Å²) in [6, 6.07) is 4.40. The molecule has 0 unspecified atom stereocenters. The predicted molar refractivity (Wildman–Crippen MR) is 154 cm³/mol. The number of aryl methyl sites for hydroxylation is 1. The van der Waals surface area contributed by atoms with Crippen molar-refractivity contribution < 1.29 is 18.3 Å². The Morgan fingerprint density at radius 2 is 1.90 bits per heavy atom. The number of anilines is 2. The van der Waals surface area contributed by atoms with Crippen molar-refractivity contribution >= 4 is 17.4 Å². The van der Waals surface area contributed by atoms with E-state index < -0.39 is 12.1 Å². The topological polar surface area (TPSA) is 93.8 Å². The molecule has 0 spiro atoms. The number of aromatic nitrogens is 3. The third-order valence-corrected chi connectivity index (χ3v) is 9.54. The largest absolute Gasteiger partial charge is 0.377 e. The lowest BCUT2D eigenvalue weighted by molar-refractivity contribution is -0.128. The Bertz CT molecular complexity index is 1370. The van der Waals surface area contributed by atoms with E-state index in [1.165, 1.54) is 17.3 Å². The van der Waals surface area contributed by atoms with Crippen molar-refractivity contribution in [2.75, 3.05) is 68.8 Å². The van der Waals surface area contributed by atoms with Gasteiger partial charge >= 0.3 is 0 Å². The zero-order valence-corrected chi connectivity index (χ0v) is 24.3. The molecule has 0 saturated carbocycles. The standard InChI is InChI=1S/C30H38F2N8O2/c1-4-27(41)38-11-9-36(10-12-38)25-16-39(20(25)3)24-13-26(35-28(30(31)32)23(24)14-33)37-7-5-21(6-8-37)29-19(2)15-34-40(29)22-17-42-18-22/h4,13,15,20-22,25,30H,1,5-12,16-18H2,2-3H3/t20-,25-/m1/s1. The van der Waals surface area contributed by atoms with Crippen molar-refractivity contribution in [3.05, 3.63) is 47.4 Å². The van der Waals surface area contributed by atoms with Crippen molar-refractivity contribution in [3.8, 4) is 6.07 Å². The monoisotopic (exact) mass is 580 g/mol. The molecule has 224 valence electrons. The highest BCUT2D eigenvalue weighted by molar-refractivity contribution is 5.87. The summed E-state index contributed by atoms with van der Waals surface area (Å²) in [4.78, 5) is 24.6. The van der Waals surface area contributed by atoms with Crippen LogP contribution in [0.15, 0.2) is 24.9 Å². The number of carbonyl (C=O) groups is 1. The van der Waals surface area contributed by atoms with Gasteiger partial charge in [-0.15, -0.1) is 0 Å². The van der Waals surface area contributed by atoms with Gasteiger partial charge in [0, 0.05) is 75.6 Å². The van der Waals surface area contributed by atoms with Gasteiger partial charge in [0.1, 0.15) is 23.1 Å². The van der Waals surface area contributed by atoms with Gasteiger partial charge in [0.05, 0.1) is 31.1 Å². The molecule has 0 bridgehead atoms. The molecule has 42 heavy (non-hydrogen) atoms. The summed E-state index contributed by atoms with van der Waals surface area (Å²) < 4.78 is 36.0. The molecule has 4 aliphatic rings.